The van der Waals surface area contributed by atoms with E-state index in [2.05, 4.69) is 11.8 Å². The van der Waals surface area contributed by atoms with Crippen LogP contribution in [0.15, 0.2) is 18.2 Å². The second kappa shape index (κ2) is 6.00. The molecule has 2 nitrogen and oxygen atoms in total. The van der Waals surface area contributed by atoms with Crippen LogP contribution in [0.2, 0.25) is 5.02 Å². The summed E-state index contributed by atoms with van der Waals surface area (Å²) in [5.74, 6) is 0.0487. The van der Waals surface area contributed by atoms with Gasteiger partial charge in [0.2, 0.25) is 0 Å². The lowest BCUT2D eigenvalue weighted by molar-refractivity contribution is 0.0763. The average molecular weight is 272 g/mol. The SMILES string of the molecule is CC1CCC(CO)CN1Cc1c(F)cccc1Cl. The summed E-state index contributed by atoms with van der Waals surface area (Å²) in [5, 5.41) is 9.72. The molecule has 0 saturated carbocycles. The zero-order valence-electron chi connectivity index (χ0n) is 10.6. The number of nitrogens with zero attached hydrogens (tertiary/aromatic N) is 1. The number of piperidine rings is 1. The summed E-state index contributed by atoms with van der Waals surface area (Å²) in [5.41, 5.74) is 0.560. The molecule has 1 aromatic carbocycles. The van der Waals surface area contributed by atoms with Crippen LogP contribution in [0.25, 0.3) is 0 Å². The Balaban J connectivity index is 2.12. The molecule has 1 aliphatic heterocycles. The van der Waals surface area contributed by atoms with E-state index in [1.165, 1.54) is 6.07 Å². The maximum atomic E-state index is 13.8. The number of hydrogen-bond donors (Lipinski definition) is 1. The molecule has 0 spiro atoms. The highest BCUT2D eigenvalue weighted by molar-refractivity contribution is 6.31. The van der Waals surface area contributed by atoms with Crippen LogP contribution in [0.4, 0.5) is 4.39 Å². The topological polar surface area (TPSA) is 23.5 Å². The van der Waals surface area contributed by atoms with Crippen molar-refractivity contribution < 1.29 is 9.50 Å². The molecule has 1 saturated heterocycles. The molecule has 1 aliphatic rings. The summed E-state index contributed by atoms with van der Waals surface area (Å²) in [4.78, 5) is 2.20. The Morgan fingerprint density at radius 2 is 2.22 bits per heavy atom. The third kappa shape index (κ3) is 3.02. The number of benzene rings is 1. The number of rotatable bonds is 3. The molecule has 1 heterocycles. The first-order chi connectivity index (χ1) is 8.61. The van der Waals surface area contributed by atoms with Crippen molar-refractivity contribution in [3.63, 3.8) is 0 Å². The molecule has 18 heavy (non-hydrogen) atoms. The monoisotopic (exact) mass is 271 g/mol. The van der Waals surface area contributed by atoms with E-state index in [0.717, 1.165) is 19.4 Å². The van der Waals surface area contributed by atoms with Crippen LogP contribution in [0.5, 0.6) is 0 Å². The summed E-state index contributed by atoms with van der Waals surface area (Å²) < 4.78 is 13.8. The second-order valence-electron chi connectivity index (χ2n) is 5.10. The highest BCUT2D eigenvalue weighted by Crippen LogP contribution is 2.27. The van der Waals surface area contributed by atoms with E-state index in [0.29, 0.717) is 29.1 Å². The molecule has 1 aromatic rings. The number of likely N-dealkylation sites (tertiary alicyclic amines) is 1. The van der Waals surface area contributed by atoms with Gasteiger partial charge in [0.15, 0.2) is 0 Å². The van der Waals surface area contributed by atoms with Crippen molar-refractivity contribution in [3.05, 3.63) is 34.6 Å². The summed E-state index contributed by atoms with van der Waals surface area (Å²) in [6.07, 6.45) is 2.08. The van der Waals surface area contributed by atoms with Gasteiger partial charge in [-0.05, 0) is 37.8 Å². The first-order valence-electron chi connectivity index (χ1n) is 6.39. The van der Waals surface area contributed by atoms with Gasteiger partial charge >= 0.3 is 0 Å². The van der Waals surface area contributed by atoms with Gasteiger partial charge in [-0.2, -0.15) is 0 Å². The zero-order valence-corrected chi connectivity index (χ0v) is 11.3. The van der Waals surface area contributed by atoms with E-state index >= 15 is 0 Å². The molecule has 2 unspecified atom stereocenters. The van der Waals surface area contributed by atoms with Crippen LogP contribution in [0.1, 0.15) is 25.3 Å². The van der Waals surface area contributed by atoms with E-state index in [1.807, 2.05) is 0 Å². The van der Waals surface area contributed by atoms with Crippen molar-refractivity contribution in [2.24, 2.45) is 5.92 Å². The fourth-order valence-corrected chi connectivity index (χ4v) is 2.74. The van der Waals surface area contributed by atoms with Crippen LogP contribution >= 0.6 is 11.6 Å². The highest BCUT2D eigenvalue weighted by Gasteiger charge is 2.26. The maximum Gasteiger partial charge on any atom is 0.129 e. The van der Waals surface area contributed by atoms with Crippen molar-refractivity contribution >= 4 is 11.6 Å². The van der Waals surface area contributed by atoms with Crippen LogP contribution in [0.3, 0.4) is 0 Å². The third-order valence-electron chi connectivity index (χ3n) is 3.79. The Morgan fingerprint density at radius 3 is 2.89 bits per heavy atom. The minimum absolute atomic E-state index is 0.203. The molecule has 1 N–H and O–H groups in total. The van der Waals surface area contributed by atoms with Crippen molar-refractivity contribution in [1.29, 1.82) is 0 Å². The predicted molar refractivity (Wildman–Crippen MR) is 71.1 cm³/mol. The molecule has 1 fully saturated rings. The predicted octanol–water partition coefficient (Wildman–Crippen LogP) is 3.07. The molecule has 100 valence electrons. The van der Waals surface area contributed by atoms with E-state index in [1.54, 1.807) is 12.1 Å². The molecular weight excluding hydrogens is 253 g/mol. The van der Waals surface area contributed by atoms with E-state index in [4.69, 9.17) is 11.6 Å². The average Bonchev–Trinajstić information content (AvgIpc) is 2.36. The third-order valence-corrected chi connectivity index (χ3v) is 4.14. The maximum absolute atomic E-state index is 13.8. The van der Waals surface area contributed by atoms with Gasteiger partial charge in [0.25, 0.3) is 0 Å². The molecule has 0 radical (unpaired) electrons. The lowest BCUT2D eigenvalue weighted by Gasteiger charge is -2.37. The normalized spacial score (nSPS) is 25.3. The van der Waals surface area contributed by atoms with Gasteiger partial charge in [-0.25, -0.2) is 4.39 Å². The molecule has 0 aliphatic carbocycles. The number of aliphatic hydroxyl groups is 1. The Hall–Kier alpha value is -0.640. The molecule has 4 heteroatoms. The van der Waals surface area contributed by atoms with Gasteiger partial charge < -0.3 is 5.11 Å². The van der Waals surface area contributed by atoms with Crippen molar-refractivity contribution in [3.8, 4) is 0 Å². The van der Waals surface area contributed by atoms with Gasteiger partial charge in [-0.3, -0.25) is 4.90 Å². The largest absolute Gasteiger partial charge is 0.396 e. The summed E-state index contributed by atoms with van der Waals surface area (Å²) in [6, 6.07) is 5.19. The Morgan fingerprint density at radius 1 is 1.44 bits per heavy atom. The first kappa shape index (κ1) is 13.8. The van der Waals surface area contributed by atoms with E-state index in [-0.39, 0.29) is 12.4 Å². The first-order valence-corrected chi connectivity index (χ1v) is 6.77. The Bertz CT molecular complexity index is 393. The quantitative estimate of drug-likeness (QED) is 0.913. The van der Waals surface area contributed by atoms with E-state index in [9.17, 15) is 9.50 Å². The molecule has 2 atom stereocenters. The minimum Gasteiger partial charge on any atom is -0.396 e. The van der Waals surface area contributed by atoms with Crippen molar-refractivity contribution in [2.45, 2.75) is 32.4 Å². The van der Waals surface area contributed by atoms with Crippen molar-refractivity contribution in [2.75, 3.05) is 13.2 Å². The molecule has 0 amide bonds. The summed E-state index contributed by atoms with van der Waals surface area (Å²) in [6.45, 7) is 3.67. The Kier molecular flexibility index (Phi) is 4.60. The van der Waals surface area contributed by atoms with Gasteiger partial charge in [-0.1, -0.05) is 17.7 Å². The number of hydrogen-bond acceptors (Lipinski definition) is 2. The van der Waals surface area contributed by atoms with Gasteiger partial charge in [0.1, 0.15) is 5.82 Å². The van der Waals surface area contributed by atoms with Crippen LogP contribution < -0.4 is 0 Å². The molecule has 0 aromatic heterocycles. The Labute approximate surface area is 112 Å². The fraction of sp³-hybridized carbons (Fsp3) is 0.571. The second-order valence-corrected chi connectivity index (χ2v) is 5.51. The zero-order chi connectivity index (χ0) is 13.1. The fourth-order valence-electron chi connectivity index (χ4n) is 2.52. The smallest absolute Gasteiger partial charge is 0.129 e. The highest BCUT2D eigenvalue weighted by atomic mass is 35.5. The molecule has 0 bridgehead atoms. The summed E-state index contributed by atoms with van der Waals surface area (Å²) >= 11 is 6.05. The van der Waals surface area contributed by atoms with Crippen LogP contribution in [-0.2, 0) is 6.54 Å². The lowest BCUT2D eigenvalue weighted by atomic mass is 9.93. The van der Waals surface area contributed by atoms with E-state index < -0.39 is 0 Å². The molecular formula is C14H19ClFNO. The minimum atomic E-state index is -0.249. The summed E-state index contributed by atoms with van der Waals surface area (Å²) in [7, 11) is 0. The number of aliphatic hydroxyl groups excluding tert-OH is 1. The number of halogens is 2. The van der Waals surface area contributed by atoms with Crippen LogP contribution in [-0.4, -0.2) is 29.2 Å². The molecule has 2 rings (SSSR count). The lowest BCUT2D eigenvalue weighted by Crippen LogP contribution is -2.42. The van der Waals surface area contributed by atoms with Gasteiger partial charge in [-0.15, -0.1) is 0 Å². The van der Waals surface area contributed by atoms with Gasteiger partial charge in [0, 0.05) is 36.3 Å². The van der Waals surface area contributed by atoms with Crippen LogP contribution in [0, 0.1) is 11.7 Å². The van der Waals surface area contributed by atoms with Crippen molar-refractivity contribution in [1.82, 2.24) is 4.90 Å². The van der Waals surface area contributed by atoms with Gasteiger partial charge in [0.05, 0.1) is 0 Å². The standard InChI is InChI=1S/C14H19ClFNO/c1-10-5-6-11(9-18)7-17(10)8-12-13(15)3-2-4-14(12)16/h2-4,10-11,18H,5-9H2,1H3.